The van der Waals surface area contributed by atoms with Crippen molar-refractivity contribution < 1.29 is 23.7 Å². The molecule has 2 aromatic heterocycles. The summed E-state index contributed by atoms with van der Waals surface area (Å²) in [5.74, 6) is 2.34. The number of hydrogen-bond acceptors (Lipinski definition) is 8. The predicted octanol–water partition coefficient (Wildman–Crippen LogP) is 4.24. The Labute approximate surface area is 191 Å². The third-order valence-corrected chi connectivity index (χ3v) is 4.54. The maximum Gasteiger partial charge on any atom is 0.278 e. The number of aromatic nitrogens is 3. The van der Waals surface area contributed by atoms with Crippen LogP contribution in [0.25, 0.3) is 5.76 Å². The number of carbonyl (C=O) groups is 1. The summed E-state index contributed by atoms with van der Waals surface area (Å²) in [6.45, 7) is 7.70. The van der Waals surface area contributed by atoms with Crippen LogP contribution in [-0.2, 0) is 0 Å². The molecule has 0 radical (unpaired) electrons. The molecule has 0 spiro atoms. The lowest BCUT2D eigenvalue weighted by Crippen LogP contribution is -2.14. The standard InChI is InChI=1S/C23H25N5O5/c1-6-17(15-10-18(30-4)19(31-5)11-16(15)24-3)33-14-8-9-21(25-12-14)27-23(29)22-20(32-7-2)13-26-28-22/h6,8-13H,3,7H2,1-2,4-5H3,(H,26,28)(H,25,27,29)/b17-6+. The molecule has 10 nitrogen and oxygen atoms in total. The fraction of sp³-hybridized carbons (Fsp3) is 0.217. The maximum atomic E-state index is 12.5. The maximum absolute atomic E-state index is 12.5. The van der Waals surface area contributed by atoms with Gasteiger partial charge in [0.05, 0.1) is 38.9 Å². The topological polar surface area (TPSA) is 120 Å². The summed E-state index contributed by atoms with van der Waals surface area (Å²) >= 11 is 0. The van der Waals surface area contributed by atoms with Gasteiger partial charge in [-0.05, 0) is 44.8 Å². The second-order valence-electron chi connectivity index (χ2n) is 6.51. The average Bonchev–Trinajstić information content (AvgIpc) is 3.31. The van der Waals surface area contributed by atoms with Crippen LogP contribution in [0.15, 0.2) is 47.7 Å². The van der Waals surface area contributed by atoms with Gasteiger partial charge in [-0.25, -0.2) is 4.98 Å². The van der Waals surface area contributed by atoms with E-state index < -0.39 is 5.91 Å². The third-order valence-electron chi connectivity index (χ3n) is 4.54. The zero-order valence-electron chi connectivity index (χ0n) is 18.8. The van der Waals surface area contributed by atoms with Crippen LogP contribution < -0.4 is 24.3 Å². The van der Waals surface area contributed by atoms with Crippen LogP contribution in [-0.4, -0.2) is 48.6 Å². The lowest BCUT2D eigenvalue weighted by molar-refractivity contribution is 0.101. The number of benzene rings is 1. The fourth-order valence-corrected chi connectivity index (χ4v) is 2.99. The SMILES string of the molecule is C=Nc1cc(OC)c(OC)cc1/C(=C\C)Oc1ccc(NC(=O)c2[nH]ncc2OCC)nc1. The predicted molar refractivity (Wildman–Crippen MR) is 125 cm³/mol. The highest BCUT2D eigenvalue weighted by atomic mass is 16.5. The van der Waals surface area contributed by atoms with Crippen LogP contribution in [0.2, 0.25) is 0 Å². The van der Waals surface area contributed by atoms with Crippen molar-refractivity contribution in [2.75, 3.05) is 26.1 Å². The zero-order chi connectivity index (χ0) is 23.8. The van der Waals surface area contributed by atoms with Crippen LogP contribution >= 0.6 is 0 Å². The Morgan fingerprint density at radius 3 is 2.55 bits per heavy atom. The van der Waals surface area contributed by atoms with Gasteiger partial charge in [0.2, 0.25) is 0 Å². The summed E-state index contributed by atoms with van der Waals surface area (Å²) in [6.07, 6.45) is 4.73. The number of anilines is 1. The molecule has 0 atom stereocenters. The normalized spacial score (nSPS) is 11.0. The first-order valence-corrected chi connectivity index (χ1v) is 10.0. The van der Waals surface area contributed by atoms with Crippen molar-refractivity contribution in [3.8, 4) is 23.0 Å². The van der Waals surface area contributed by atoms with Gasteiger partial charge in [0, 0.05) is 11.6 Å². The molecule has 0 unspecified atom stereocenters. The summed E-state index contributed by atoms with van der Waals surface area (Å²) < 4.78 is 22.1. The van der Waals surface area contributed by atoms with E-state index in [4.69, 9.17) is 18.9 Å². The summed E-state index contributed by atoms with van der Waals surface area (Å²) in [7, 11) is 3.10. The molecular weight excluding hydrogens is 426 g/mol. The fourth-order valence-electron chi connectivity index (χ4n) is 2.99. The van der Waals surface area contributed by atoms with E-state index in [1.165, 1.54) is 12.4 Å². The highest BCUT2D eigenvalue weighted by Gasteiger charge is 2.17. The highest BCUT2D eigenvalue weighted by molar-refractivity contribution is 6.04. The van der Waals surface area contributed by atoms with Crippen molar-refractivity contribution in [1.82, 2.24) is 15.2 Å². The zero-order valence-corrected chi connectivity index (χ0v) is 18.8. The molecule has 0 saturated carbocycles. The number of methoxy groups -OCH3 is 2. The van der Waals surface area contributed by atoms with E-state index >= 15 is 0 Å². The molecule has 0 aliphatic rings. The van der Waals surface area contributed by atoms with E-state index in [1.54, 1.807) is 44.6 Å². The average molecular weight is 451 g/mol. The molecule has 1 aromatic carbocycles. The van der Waals surface area contributed by atoms with Crippen molar-refractivity contribution in [2.24, 2.45) is 4.99 Å². The second kappa shape index (κ2) is 10.8. The Balaban J connectivity index is 1.77. The first-order valence-electron chi connectivity index (χ1n) is 10.0. The number of aromatic amines is 1. The number of allylic oxidation sites excluding steroid dienone is 1. The number of ether oxygens (including phenoxy) is 4. The van der Waals surface area contributed by atoms with Gasteiger partial charge in [-0.3, -0.25) is 14.9 Å². The minimum Gasteiger partial charge on any atom is -0.493 e. The number of hydrogen-bond donors (Lipinski definition) is 2. The Kier molecular flexibility index (Phi) is 7.64. The molecule has 0 saturated heterocycles. The molecule has 0 fully saturated rings. The van der Waals surface area contributed by atoms with Crippen molar-refractivity contribution >= 4 is 29.9 Å². The number of nitrogens with zero attached hydrogens (tertiary/aromatic N) is 3. The molecule has 3 aromatic rings. The number of aliphatic imine (C=N–C) groups is 1. The Hall–Kier alpha value is -4.34. The van der Waals surface area contributed by atoms with E-state index in [0.29, 0.717) is 52.4 Å². The quantitative estimate of drug-likeness (QED) is 0.349. The van der Waals surface area contributed by atoms with Crippen LogP contribution in [0.3, 0.4) is 0 Å². The number of amides is 1. The Morgan fingerprint density at radius 1 is 1.18 bits per heavy atom. The van der Waals surface area contributed by atoms with E-state index in [-0.39, 0.29) is 5.69 Å². The van der Waals surface area contributed by atoms with E-state index in [0.717, 1.165) is 0 Å². The molecule has 2 N–H and O–H groups in total. The highest BCUT2D eigenvalue weighted by Crippen LogP contribution is 2.38. The van der Waals surface area contributed by atoms with Crippen molar-refractivity contribution in [3.63, 3.8) is 0 Å². The largest absolute Gasteiger partial charge is 0.493 e. The van der Waals surface area contributed by atoms with Crippen molar-refractivity contribution in [3.05, 3.63) is 54.0 Å². The van der Waals surface area contributed by atoms with E-state index in [1.807, 2.05) is 13.8 Å². The Morgan fingerprint density at radius 2 is 1.94 bits per heavy atom. The van der Waals surface area contributed by atoms with Crippen molar-refractivity contribution in [1.29, 1.82) is 0 Å². The molecule has 0 aliphatic carbocycles. The van der Waals surface area contributed by atoms with Crippen molar-refractivity contribution in [2.45, 2.75) is 13.8 Å². The first-order chi connectivity index (χ1) is 16.0. The van der Waals surface area contributed by atoms with Crippen LogP contribution in [0, 0.1) is 0 Å². The van der Waals surface area contributed by atoms with Gasteiger partial charge < -0.3 is 24.3 Å². The Bertz CT molecular complexity index is 1150. The van der Waals surface area contributed by atoms with Crippen LogP contribution in [0.1, 0.15) is 29.9 Å². The van der Waals surface area contributed by atoms with Crippen LogP contribution in [0.5, 0.6) is 23.0 Å². The number of pyridine rings is 1. The van der Waals surface area contributed by atoms with E-state index in [9.17, 15) is 4.79 Å². The smallest absolute Gasteiger partial charge is 0.278 e. The summed E-state index contributed by atoms with van der Waals surface area (Å²) in [4.78, 5) is 20.8. The van der Waals surface area contributed by atoms with Crippen LogP contribution in [0.4, 0.5) is 11.5 Å². The minimum absolute atomic E-state index is 0.216. The second-order valence-corrected chi connectivity index (χ2v) is 6.51. The molecule has 33 heavy (non-hydrogen) atoms. The summed E-state index contributed by atoms with van der Waals surface area (Å²) in [5, 5.41) is 9.15. The lowest BCUT2D eigenvalue weighted by Gasteiger charge is -2.15. The molecule has 0 bridgehead atoms. The minimum atomic E-state index is -0.418. The molecule has 172 valence electrons. The van der Waals surface area contributed by atoms with Gasteiger partial charge in [-0.15, -0.1) is 0 Å². The molecule has 0 aliphatic heterocycles. The number of carbonyl (C=O) groups excluding carboxylic acids is 1. The van der Waals surface area contributed by atoms with E-state index in [2.05, 4.69) is 32.2 Å². The van der Waals surface area contributed by atoms with Gasteiger partial charge in [0.25, 0.3) is 5.91 Å². The molecule has 10 heteroatoms. The summed E-state index contributed by atoms with van der Waals surface area (Å²) in [5.41, 5.74) is 1.46. The van der Waals surface area contributed by atoms with Gasteiger partial charge in [-0.1, -0.05) is 0 Å². The van der Waals surface area contributed by atoms with Gasteiger partial charge >= 0.3 is 0 Å². The third kappa shape index (κ3) is 5.29. The van der Waals surface area contributed by atoms with Gasteiger partial charge in [0.15, 0.2) is 22.9 Å². The van der Waals surface area contributed by atoms with Gasteiger partial charge in [0.1, 0.15) is 17.3 Å². The molecule has 1 amide bonds. The first kappa shape index (κ1) is 23.3. The summed E-state index contributed by atoms with van der Waals surface area (Å²) in [6, 6.07) is 6.79. The molecule has 3 rings (SSSR count). The monoisotopic (exact) mass is 451 g/mol. The number of H-pyrrole nitrogens is 1. The number of nitrogens with one attached hydrogen (secondary N) is 2. The molecular formula is C23H25N5O5. The lowest BCUT2D eigenvalue weighted by atomic mass is 10.1. The number of rotatable bonds is 10. The van der Waals surface area contributed by atoms with Gasteiger partial charge in [-0.2, -0.15) is 5.10 Å². The molecule has 2 heterocycles.